The van der Waals surface area contributed by atoms with E-state index in [-0.39, 0.29) is 5.82 Å². The van der Waals surface area contributed by atoms with E-state index in [1.165, 1.54) is 31.2 Å². The Morgan fingerprint density at radius 2 is 1.80 bits per heavy atom. The molecule has 1 aliphatic carbocycles. The van der Waals surface area contributed by atoms with Crippen LogP contribution < -0.4 is 5.32 Å². The molecule has 1 atom stereocenters. The second-order valence-electron chi connectivity index (χ2n) is 6.22. The highest BCUT2D eigenvalue weighted by Gasteiger charge is 2.35. The van der Waals surface area contributed by atoms with Crippen LogP contribution in [0.25, 0.3) is 0 Å². The summed E-state index contributed by atoms with van der Waals surface area (Å²) in [6, 6.07) is 7.21. The Balaban J connectivity index is 2.01. The first-order chi connectivity index (χ1) is 9.57. The third-order valence-corrected chi connectivity index (χ3v) is 4.84. The quantitative estimate of drug-likeness (QED) is 0.852. The molecule has 1 aliphatic rings. The van der Waals surface area contributed by atoms with Crippen LogP contribution in [0.3, 0.4) is 0 Å². The lowest BCUT2D eigenvalue weighted by molar-refractivity contribution is 0.148. The SMILES string of the molecule is CCC(NCC1(N(C)C)CCCC1)c1ccc(F)cc1. The van der Waals surface area contributed by atoms with Crippen molar-refractivity contribution < 1.29 is 4.39 Å². The van der Waals surface area contributed by atoms with Gasteiger partial charge in [0.15, 0.2) is 0 Å². The van der Waals surface area contributed by atoms with E-state index >= 15 is 0 Å². The zero-order valence-corrected chi connectivity index (χ0v) is 13.0. The van der Waals surface area contributed by atoms with Gasteiger partial charge in [-0.3, -0.25) is 0 Å². The summed E-state index contributed by atoms with van der Waals surface area (Å²) in [5.74, 6) is -0.163. The van der Waals surface area contributed by atoms with Gasteiger partial charge in [0.2, 0.25) is 0 Å². The van der Waals surface area contributed by atoms with Crippen LogP contribution in [0.1, 0.15) is 50.6 Å². The molecule has 1 aromatic carbocycles. The molecular formula is C17H27FN2. The zero-order valence-electron chi connectivity index (χ0n) is 13.0. The Labute approximate surface area is 122 Å². The molecule has 112 valence electrons. The predicted octanol–water partition coefficient (Wildman–Crippen LogP) is 3.74. The molecule has 2 rings (SSSR count). The largest absolute Gasteiger partial charge is 0.308 e. The summed E-state index contributed by atoms with van der Waals surface area (Å²) in [7, 11) is 4.37. The van der Waals surface area contributed by atoms with E-state index in [0.717, 1.165) is 13.0 Å². The predicted molar refractivity (Wildman–Crippen MR) is 82.3 cm³/mol. The summed E-state index contributed by atoms with van der Waals surface area (Å²) in [4.78, 5) is 2.38. The number of nitrogens with one attached hydrogen (secondary N) is 1. The Morgan fingerprint density at radius 3 is 2.30 bits per heavy atom. The van der Waals surface area contributed by atoms with Crippen LogP contribution in [0.15, 0.2) is 24.3 Å². The van der Waals surface area contributed by atoms with Crippen molar-refractivity contribution in [3.63, 3.8) is 0 Å². The molecule has 3 heteroatoms. The second-order valence-corrected chi connectivity index (χ2v) is 6.22. The second kappa shape index (κ2) is 6.68. The van der Waals surface area contributed by atoms with Crippen molar-refractivity contribution in [1.82, 2.24) is 10.2 Å². The molecule has 1 aromatic rings. The van der Waals surface area contributed by atoms with Crippen LogP contribution >= 0.6 is 0 Å². The third-order valence-electron chi connectivity index (χ3n) is 4.84. The first-order valence-electron chi connectivity index (χ1n) is 7.74. The lowest BCUT2D eigenvalue weighted by Crippen LogP contribution is -2.50. The van der Waals surface area contributed by atoms with E-state index in [4.69, 9.17) is 0 Å². The van der Waals surface area contributed by atoms with Crippen LogP contribution in [0.5, 0.6) is 0 Å². The lowest BCUT2D eigenvalue weighted by Gasteiger charge is -2.38. The van der Waals surface area contributed by atoms with Gasteiger partial charge in [-0.15, -0.1) is 0 Å². The van der Waals surface area contributed by atoms with E-state index in [1.54, 1.807) is 12.1 Å². The highest BCUT2D eigenvalue weighted by Crippen LogP contribution is 2.33. The molecule has 2 nitrogen and oxygen atoms in total. The summed E-state index contributed by atoms with van der Waals surface area (Å²) in [6.45, 7) is 3.19. The number of likely N-dealkylation sites (N-methyl/N-ethyl adjacent to an activating group) is 1. The van der Waals surface area contributed by atoms with Crippen LogP contribution in [0, 0.1) is 5.82 Å². The topological polar surface area (TPSA) is 15.3 Å². The van der Waals surface area contributed by atoms with Crippen molar-refractivity contribution in [1.29, 1.82) is 0 Å². The smallest absolute Gasteiger partial charge is 0.123 e. The molecular weight excluding hydrogens is 251 g/mol. The summed E-state index contributed by atoms with van der Waals surface area (Å²) in [5, 5.41) is 3.71. The van der Waals surface area contributed by atoms with Crippen LogP contribution in [0.2, 0.25) is 0 Å². The van der Waals surface area contributed by atoms with Gasteiger partial charge in [-0.1, -0.05) is 31.9 Å². The molecule has 0 radical (unpaired) electrons. The number of hydrogen-bond donors (Lipinski definition) is 1. The maximum Gasteiger partial charge on any atom is 0.123 e. The maximum absolute atomic E-state index is 13.0. The van der Waals surface area contributed by atoms with E-state index in [0.29, 0.717) is 11.6 Å². The molecule has 1 unspecified atom stereocenters. The lowest BCUT2D eigenvalue weighted by atomic mass is 9.94. The fourth-order valence-corrected chi connectivity index (χ4v) is 3.32. The average Bonchev–Trinajstić information content (AvgIpc) is 2.91. The minimum atomic E-state index is -0.163. The standard InChI is InChI=1S/C17H27FN2/c1-4-16(14-7-9-15(18)10-8-14)19-13-17(20(2)3)11-5-6-12-17/h7-10,16,19H,4-6,11-13H2,1-3H3. The van der Waals surface area contributed by atoms with Gasteiger partial charge in [0.25, 0.3) is 0 Å². The Morgan fingerprint density at radius 1 is 1.20 bits per heavy atom. The number of rotatable bonds is 6. The van der Waals surface area contributed by atoms with Gasteiger partial charge >= 0.3 is 0 Å². The van der Waals surface area contributed by atoms with Gasteiger partial charge < -0.3 is 10.2 Å². The zero-order chi connectivity index (χ0) is 14.6. The molecule has 0 saturated heterocycles. The molecule has 0 amide bonds. The van der Waals surface area contributed by atoms with Crippen molar-refractivity contribution in [2.24, 2.45) is 0 Å². The molecule has 0 aliphatic heterocycles. The molecule has 0 bridgehead atoms. The van der Waals surface area contributed by atoms with Crippen LogP contribution in [-0.4, -0.2) is 31.1 Å². The normalized spacial score (nSPS) is 19.4. The Bertz CT molecular complexity index is 408. The van der Waals surface area contributed by atoms with Crippen LogP contribution in [-0.2, 0) is 0 Å². The minimum absolute atomic E-state index is 0.163. The fraction of sp³-hybridized carbons (Fsp3) is 0.647. The summed E-state index contributed by atoms with van der Waals surface area (Å²) < 4.78 is 13.0. The molecule has 1 fully saturated rings. The molecule has 0 spiro atoms. The number of nitrogens with zero attached hydrogens (tertiary/aromatic N) is 1. The number of benzene rings is 1. The van der Waals surface area contributed by atoms with Gasteiger partial charge in [-0.2, -0.15) is 0 Å². The monoisotopic (exact) mass is 278 g/mol. The number of halogens is 1. The van der Waals surface area contributed by atoms with Gasteiger partial charge in [0.05, 0.1) is 0 Å². The first-order valence-corrected chi connectivity index (χ1v) is 7.74. The molecule has 20 heavy (non-hydrogen) atoms. The van der Waals surface area contributed by atoms with Gasteiger partial charge in [0, 0.05) is 18.1 Å². The van der Waals surface area contributed by atoms with E-state index in [1.807, 2.05) is 12.1 Å². The van der Waals surface area contributed by atoms with Gasteiger partial charge in [0.1, 0.15) is 5.82 Å². The average molecular weight is 278 g/mol. The van der Waals surface area contributed by atoms with E-state index < -0.39 is 0 Å². The van der Waals surface area contributed by atoms with Crippen LogP contribution in [0.4, 0.5) is 4.39 Å². The minimum Gasteiger partial charge on any atom is -0.308 e. The fourth-order valence-electron chi connectivity index (χ4n) is 3.32. The summed E-state index contributed by atoms with van der Waals surface area (Å²) >= 11 is 0. The van der Waals surface area contributed by atoms with Crippen molar-refractivity contribution in [2.75, 3.05) is 20.6 Å². The van der Waals surface area contributed by atoms with Gasteiger partial charge in [-0.05, 0) is 51.1 Å². The highest BCUT2D eigenvalue weighted by atomic mass is 19.1. The van der Waals surface area contributed by atoms with Crippen molar-refractivity contribution >= 4 is 0 Å². The van der Waals surface area contributed by atoms with Crippen molar-refractivity contribution in [2.45, 2.75) is 50.6 Å². The van der Waals surface area contributed by atoms with E-state index in [2.05, 4.69) is 31.2 Å². The van der Waals surface area contributed by atoms with Crippen molar-refractivity contribution in [3.05, 3.63) is 35.6 Å². The molecule has 0 aromatic heterocycles. The molecule has 1 N–H and O–H groups in total. The van der Waals surface area contributed by atoms with Crippen molar-refractivity contribution in [3.8, 4) is 0 Å². The summed E-state index contributed by atoms with van der Waals surface area (Å²) in [5.41, 5.74) is 1.48. The summed E-state index contributed by atoms with van der Waals surface area (Å²) in [6.07, 6.45) is 6.22. The molecule has 0 heterocycles. The van der Waals surface area contributed by atoms with E-state index in [9.17, 15) is 4.39 Å². The first kappa shape index (κ1) is 15.5. The third kappa shape index (κ3) is 3.39. The Kier molecular flexibility index (Phi) is 5.17. The molecule has 1 saturated carbocycles. The highest BCUT2D eigenvalue weighted by molar-refractivity contribution is 5.20. The maximum atomic E-state index is 13.0. The van der Waals surface area contributed by atoms with Gasteiger partial charge in [-0.25, -0.2) is 4.39 Å². The Hall–Kier alpha value is -0.930. The number of hydrogen-bond acceptors (Lipinski definition) is 2.